The summed E-state index contributed by atoms with van der Waals surface area (Å²) < 4.78 is 23.9. The standard InChI is InChI=1S/C18H23NO3S2/c1-4-8-16-13(5-2)11-17(23-16)18(20)19-14-9-7-10-15(12-14)24(21,22)6-3/h7,9-12H,4-6,8H2,1-3H3,(H,19,20). The molecule has 0 fully saturated rings. The summed E-state index contributed by atoms with van der Waals surface area (Å²) in [5, 5.41) is 2.81. The van der Waals surface area contributed by atoms with Gasteiger partial charge in [-0.1, -0.05) is 33.3 Å². The Balaban J connectivity index is 2.23. The van der Waals surface area contributed by atoms with Crippen LogP contribution in [0, 0.1) is 0 Å². The van der Waals surface area contributed by atoms with Crippen LogP contribution in [0.15, 0.2) is 35.2 Å². The van der Waals surface area contributed by atoms with Crippen molar-refractivity contribution in [3.63, 3.8) is 0 Å². The van der Waals surface area contributed by atoms with Crippen LogP contribution >= 0.6 is 11.3 Å². The van der Waals surface area contributed by atoms with Gasteiger partial charge in [-0.15, -0.1) is 11.3 Å². The summed E-state index contributed by atoms with van der Waals surface area (Å²) in [5.41, 5.74) is 1.72. The molecule has 0 saturated heterocycles. The van der Waals surface area contributed by atoms with Gasteiger partial charge in [-0.2, -0.15) is 0 Å². The Bertz CT molecular complexity index is 823. The van der Waals surface area contributed by atoms with Gasteiger partial charge in [0.25, 0.3) is 5.91 Å². The van der Waals surface area contributed by atoms with Crippen molar-refractivity contribution in [1.82, 2.24) is 0 Å². The van der Waals surface area contributed by atoms with E-state index in [0.717, 1.165) is 19.3 Å². The molecule has 0 aliphatic rings. The molecule has 0 bridgehead atoms. The highest BCUT2D eigenvalue weighted by Gasteiger charge is 2.15. The number of anilines is 1. The van der Waals surface area contributed by atoms with Gasteiger partial charge in [-0.3, -0.25) is 4.79 Å². The lowest BCUT2D eigenvalue weighted by atomic mass is 10.1. The molecule has 0 radical (unpaired) electrons. The third-order valence-electron chi connectivity index (χ3n) is 3.81. The Morgan fingerprint density at radius 3 is 2.54 bits per heavy atom. The normalized spacial score (nSPS) is 11.5. The molecule has 0 aliphatic carbocycles. The second-order valence-electron chi connectivity index (χ2n) is 5.55. The molecule has 2 rings (SSSR count). The summed E-state index contributed by atoms with van der Waals surface area (Å²) in [7, 11) is -3.28. The van der Waals surface area contributed by atoms with E-state index in [4.69, 9.17) is 0 Å². The maximum atomic E-state index is 12.5. The van der Waals surface area contributed by atoms with Crippen molar-refractivity contribution in [3.8, 4) is 0 Å². The first kappa shape index (κ1) is 18.7. The molecular weight excluding hydrogens is 342 g/mol. The number of aryl methyl sites for hydroxylation is 2. The molecule has 1 N–H and O–H groups in total. The summed E-state index contributed by atoms with van der Waals surface area (Å²) in [6, 6.07) is 8.35. The number of hydrogen-bond acceptors (Lipinski definition) is 4. The van der Waals surface area contributed by atoms with E-state index in [1.165, 1.54) is 27.8 Å². The van der Waals surface area contributed by atoms with Crippen molar-refractivity contribution < 1.29 is 13.2 Å². The smallest absolute Gasteiger partial charge is 0.265 e. The van der Waals surface area contributed by atoms with Crippen LogP contribution < -0.4 is 5.32 Å². The van der Waals surface area contributed by atoms with Crippen LogP contribution in [-0.4, -0.2) is 20.1 Å². The number of amides is 1. The van der Waals surface area contributed by atoms with Crippen LogP contribution in [0.2, 0.25) is 0 Å². The topological polar surface area (TPSA) is 63.2 Å². The van der Waals surface area contributed by atoms with Gasteiger partial charge in [0.2, 0.25) is 0 Å². The lowest BCUT2D eigenvalue weighted by Crippen LogP contribution is -2.11. The average Bonchev–Trinajstić information content (AvgIpc) is 2.98. The number of carbonyl (C=O) groups excluding carboxylic acids is 1. The predicted octanol–water partition coefficient (Wildman–Crippen LogP) is 4.31. The van der Waals surface area contributed by atoms with Crippen LogP contribution in [0.3, 0.4) is 0 Å². The molecular formula is C18H23NO3S2. The lowest BCUT2D eigenvalue weighted by Gasteiger charge is -2.06. The highest BCUT2D eigenvalue weighted by molar-refractivity contribution is 7.91. The third kappa shape index (κ3) is 4.24. The van der Waals surface area contributed by atoms with E-state index in [1.54, 1.807) is 25.1 Å². The molecule has 0 unspecified atom stereocenters. The maximum absolute atomic E-state index is 12.5. The van der Waals surface area contributed by atoms with Crippen molar-refractivity contribution in [2.24, 2.45) is 0 Å². The number of carbonyl (C=O) groups is 1. The van der Waals surface area contributed by atoms with E-state index in [1.807, 2.05) is 6.07 Å². The number of hydrogen-bond donors (Lipinski definition) is 1. The van der Waals surface area contributed by atoms with Gasteiger partial charge in [0.05, 0.1) is 15.5 Å². The largest absolute Gasteiger partial charge is 0.321 e. The second kappa shape index (κ2) is 7.94. The monoisotopic (exact) mass is 365 g/mol. The number of sulfone groups is 1. The molecule has 2 aromatic rings. The number of nitrogens with one attached hydrogen (secondary N) is 1. The van der Waals surface area contributed by atoms with Gasteiger partial charge in [-0.05, 0) is 42.7 Å². The van der Waals surface area contributed by atoms with Gasteiger partial charge in [0.1, 0.15) is 0 Å². The zero-order valence-corrected chi connectivity index (χ0v) is 15.9. The Morgan fingerprint density at radius 2 is 1.92 bits per heavy atom. The molecule has 0 atom stereocenters. The van der Waals surface area contributed by atoms with Crippen molar-refractivity contribution in [2.45, 2.75) is 44.9 Å². The molecule has 6 heteroatoms. The molecule has 0 saturated carbocycles. The fraction of sp³-hybridized carbons (Fsp3) is 0.389. The van der Waals surface area contributed by atoms with E-state index in [2.05, 4.69) is 19.2 Å². The highest BCUT2D eigenvalue weighted by atomic mass is 32.2. The highest BCUT2D eigenvalue weighted by Crippen LogP contribution is 2.26. The maximum Gasteiger partial charge on any atom is 0.265 e. The zero-order valence-electron chi connectivity index (χ0n) is 14.3. The first-order chi connectivity index (χ1) is 11.4. The van der Waals surface area contributed by atoms with E-state index in [0.29, 0.717) is 10.6 Å². The van der Waals surface area contributed by atoms with Crippen LogP contribution in [-0.2, 0) is 22.7 Å². The number of benzene rings is 1. The van der Waals surface area contributed by atoms with E-state index in [-0.39, 0.29) is 16.6 Å². The van der Waals surface area contributed by atoms with Crippen LogP contribution in [0.25, 0.3) is 0 Å². The Labute approximate surface area is 147 Å². The molecule has 4 nitrogen and oxygen atoms in total. The lowest BCUT2D eigenvalue weighted by molar-refractivity contribution is 0.103. The van der Waals surface area contributed by atoms with Crippen molar-refractivity contribution >= 4 is 32.8 Å². The molecule has 1 aromatic carbocycles. The minimum atomic E-state index is -3.28. The van der Waals surface area contributed by atoms with Crippen LogP contribution in [0.5, 0.6) is 0 Å². The minimum absolute atomic E-state index is 0.0373. The summed E-state index contributed by atoms with van der Waals surface area (Å²) in [5.74, 6) is -0.154. The SMILES string of the molecule is CCCc1sc(C(=O)Nc2cccc(S(=O)(=O)CC)c2)cc1CC. The zero-order chi connectivity index (χ0) is 17.7. The van der Waals surface area contributed by atoms with Gasteiger partial charge in [0.15, 0.2) is 9.84 Å². The van der Waals surface area contributed by atoms with Gasteiger partial charge in [0, 0.05) is 10.6 Å². The molecule has 24 heavy (non-hydrogen) atoms. The van der Waals surface area contributed by atoms with Crippen LogP contribution in [0.4, 0.5) is 5.69 Å². The molecule has 130 valence electrons. The Kier molecular flexibility index (Phi) is 6.18. The Morgan fingerprint density at radius 1 is 1.17 bits per heavy atom. The summed E-state index contributed by atoms with van der Waals surface area (Å²) in [4.78, 5) is 14.6. The fourth-order valence-electron chi connectivity index (χ4n) is 2.44. The fourth-order valence-corrected chi connectivity index (χ4v) is 4.62. The van der Waals surface area contributed by atoms with Crippen molar-refractivity contribution in [3.05, 3.63) is 45.6 Å². The predicted molar refractivity (Wildman–Crippen MR) is 99.8 cm³/mol. The van der Waals surface area contributed by atoms with Gasteiger partial charge >= 0.3 is 0 Å². The summed E-state index contributed by atoms with van der Waals surface area (Å²) in [6.45, 7) is 5.81. The van der Waals surface area contributed by atoms with E-state index >= 15 is 0 Å². The summed E-state index contributed by atoms with van der Waals surface area (Å²) >= 11 is 1.52. The third-order valence-corrected chi connectivity index (χ3v) is 6.78. The first-order valence-electron chi connectivity index (χ1n) is 8.17. The van der Waals surface area contributed by atoms with Gasteiger partial charge < -0.3 is 5.32 Å². The summed E-state index contributed by atoms with van der Waals surface area (Å²) in [6.07, 6.45) is 2.93. The van der Waals surface area contributed by atoms with E-state index in [9.17, 15) is 13.2 Å². The Hall–Kier alpha value is -1.66. The average molecular weight is 366 g/mol. The van der Waals surface area contributed by atoms with Crippen molar-refractivity contribution in [2.75, 3.05) is 11.1 Å². The number of thiophene rings is 1. The van der Waals surface area contributed by atoms with Crippen LogP contribution in [0.1, 0.15) is 47.3 Å². The molecule has 0 aliphatic heterocycles. The molecule has 0 spiro atoms. The molecule has 1 aromatic heterocycles. The number of rotatable bonds is 7. The van der Waals surface area contributed by atoms with E-state index < -0.39 is 9.84 Å². The van der Waals surface area contributed by atoms with Crippen molar-refractivity contribution in [1.29, 1.82) is 0 Å². The first-order valence-corrected chi connectivity index (χ1v) is 10.6. The minimum Gasteiger partial charge on any atom is -0.321 e. The van der Waals surface area contributed by atoms with Gasteiger partial charge in [-0.25, -0.2) is 8.42 Å². The molecule has 1 amide bonds. The molecule has 1 heterocycles. The second-order valence-corrected chi connectivity index (χ2v) is 8.96. The quantitative estimate of drug-likeness (QED) is 0.795.